The quantitative estimate of drug-likeness (QED) is 0.796. The average molecular weight is 275 g/mol. The van der Waals surface area contributed by atoms with E-state index in [1.54, 1.807) is 19.1 Å². The van der Waals surface area contributed by atoms with Crippen molar-refractivity contribution in [2.75, 3.05) is 6.61 Å². The van der Waals surface area contributed by atoms with Crippen LogP contribution in [0, 0.1) is 12.7 Å². The summed E-state index contributed by atoms with van der Waals surface area (Å²) >= 11 is 0. The minimum Gasteiger partial charge on any atom is -0.461 e. The molecule has 1 atom stereocenters. The molecule has 3 nitrogen and oxygen atoms in total. The predicted molar refractivity (Wildman–Crippen MR) is 75.3 cm³/mol. The molecule has 1 heterocycles. The van der Waals surface area contributed by atoms with Crippen LogP contribution in [0.1, 0.15) is 41.5 Å². The molecular weight excluding hydrogens is 257 g/mol. The van der Waals surface area contributed by atoms with Gasteiger partial charge in [-0.1, -0.05) is 12.1 Å². The molecule has 106 valence electrons. The van der Waals surface area contributed by atoms with E-state index in [2.05, 4.69) is 0 Å². The number of nitrogens with zero attached hydrogens (tertiary/aromatic N) is 1. The predicted octanol–water partition coefficient (Wildman–Crippen LogP) is 3.72. The third kappa shape index (κ3) is 2.74. The molecular formula is C16H18FNO2. The summed E-state index contributed by atoms with van der Waals surface area (Å²) in [7, 11) is 0. The highest BCUT2D eigenvalue weighted by Gasteiger charge is 2.20. The summed E-state index contributed by atoms with van der Waals surface area (Å²) in [4.78, 5) is 12.0. The summed E-state index contributed by atoms with van der Waals surface area (Å²) in [5.74, 6) is -0.598. The van der Waals surface area contributed by atoms with Crippen molar-refractivity contribution in [3.63, 3.8) is 0 Å². The molecule has 0 fully saturated rings. The number of esters is 1. The van der Waals surface area contributed by atoms with Crippen molar-refractivity contribution in [3.8, 4) is 0 Å². The molecule has 1 unspecified atom stereocenters. The Morgan fingerprint density at radius 2 is 1.95 bits per heavy atom. The van der Waals surface area contributed by atoms with Crippen LogP contribution in [0.25, 0.3) is 0 Å². The van der Waals surface area contributed by atoms with E-state index in [-0.39, 0.29) is 17.8 Å². The van der Waals surface area contributed by atoms with Gasteiger partial charge in [-0.25, -0.2) is 9.18 Å². The molecule has 2 rings (SSSR count). The Balaban J connectivity index is 2.37. The van der Waals surface area contributed by atoms with Crippen molar-refractivity contribution in [2.45, 2.75) is 26.8 Å². The molecule has 1 aromatic heterocycles. The second-order valence-electron chi connectivity index (χ2n) is 4.70. The Labute approximate surface area is 118 Å². The van der Waals surface area contributed by atoms with Crippen molar-refractivity contribution < 1.29 is 13.9 Å². The SMILES string of the molecule is CCOC(=O)c1c(C)ccn1C(C)c1ccc(F)cc1. The number of hydrogen-bond acceptors (Lipinski definition) is 2. The molecule has 4 heteroatoms. The molecule has 1 aromatic carbocycles. The number of carbonyl (C=O) groups is 1. The van der Waals surface area contributed by atoms with E-state index in [9.17, 15) is 9.18 Å². The zero-order chi connectivity index (χ0) is 14.7. The third-order valence-corrected chi connectivity index (χ3v) is 3.36. The molecule has 0 radical (unpaired) electrons. The molecule has 2 aromatic rings. The Morgan fingerprint density at radius 3 is 2.55 bits per heavy atom. The van der Waals surface area contributed by atoms with Crippen LogP contribution < -0.4 is 0 Å². The molecule has 0 N–H and O–H groups in total. The summed E-state index contributed by atoms with van der Waals surface area (Å²) in [5.41, 5.74) is 2.36. The number of aromatic nitrogens is 1. The van der Waals surface area contributed by atoms with E-state index >= 15 is 0 Å². The van der Waals surface area contributed by atoms with Gasteiger partial charge in [-0.05, 0) is 50.1 Å². The number of carbonyl (C=O) groups excluding carboxylic acids is 1. The maximum Gasteiger partial charge on any atom is 0.355 e. The van der Waals surface area contributed by atoms with Crippen LogP contribution in [-0.4, -0.2) is 17.1 Å². The smallest absolute Gasteiger partial charge is 0.355 e. The summed E-state index contributed by atoms with van der Waals surface area (Å²) in [6.07, 6.45) is 1.86. The average Bonchev–Trinajstić information content (AvgIpc) is 2.81. The fourth-order valence-electron chi connectivity index (χ4n) is 2.24. The number of ether oxygens (including phenoxy) is 1. The van der Waals surface area contributed by atoms with Gasteiger partial charge in [-0.3, -0.25) is 0 Å². The second-order valence-corrected chi connectivity index (χ2v) is 4.70. The van der Waals surface area contributed by atoms with Gasteiger partial charge in [0.15, 0.2) is 0 Å². The van der Waals surface area contributed by atoms with Gasteiger partial charge < -0.3 is 9.30 Å². The van der Waals surface area contributed by atoms with E-state index < -0.39 is 0 Å². The van der Waals surface area contributed by atoms with E-state index in [0.29, 0.717) is 12.3 Å². The lowest BCUT2D eigenvalue weighted by Crippen LogP contribution is -2.16. The maximum atomic E-state index is 13.0. The topological polar surface area (TPSA) is 31.2 Å². The number of halogens is 1. The minimum atomic E-state index is -0.330. The lowest BCUT2D eigenvalue weighted by Gasteiger charge is -2.18. The standard InChI is InChI=1S/C16H18FNO2/c1-4-20-16(19)15-11(2)9-10-18(15)12(3)13-5-7-14(17)8-6-13/h5-10,12H,4H2,1-3H3. The first-order chi connectivity index (χ1) is 9.54. The molecule has 0 saturated carbocycles. The lowest BCUT2D eigenvalue weighted by molar-refractivity contribution is 0.0512. The maximum absolute atomic E-state index is 13.0. The van der Waals surface area contributed by atoms with Crippen LogP contribution in [-0.2, 0) is 4.74 Å². The summed E-state index contributed by atoms with van der Waals surface area (Å²) in [6, 6.07) is 8.11. The monoisotopic (exact) mass is 275 g/mol. The molecule has 0 saturated heterocycles. The van der Waals surface area contributed by atoms with Crippen molar-refractivity contribution in [1.82, 2.24) is 4.57 Å². The second kappa shape index (κ2) is 5.90. The molecule has 20 heavy (non-hydrogen) atoms. The van der Waals surface area contributed by atoms with Crippen molar-refractivity contribution in [2.24, 2.45) is 0 Å². The highest BCUT2D eigenvalue weighted by atomic mass is 19.1. The Hall–Kier alpha value is -2.10. The van der Waals surface area contributed by atoms with Crippen LogP contribution in [0.2, 0.25) is 0 Å². The Morgan fingerprint density at radius 1 is 1.30 bits per heavy atom. The fraction of sp³-hybridized carbons (Fsp3) is 0.312. The Kier molecular flexibility index (Phi) is 4.23. The summed E-state index contributed by atoms with van der Waals surface area (Å²) in [6.45, 7) is 5.97. The van der Waals surface area contributed by atoms with Crippen LogP contribution in [0.15, 0.2) is 36.5 Å². The third-order valence-electron chi connectivity index (χ3n) is 3.36. The minimum absolute atomic E-state index is 0.0660. The van der Waals surface area contributed by atoms with Crippen LogP contribution in [0.3, 0.4) is 0 Å². The van der Waals surface area contributed by atoms with Gasteiger partial charge in [-0.15, -0.1) is 0 Å². The van der Waals surface area contributed by atoms with Crippen LogP contribution in [0.4, 0.5) is 4.39 Å². The number of benzene rings is 1. The molecule has 0 aliphatic heterocycles. The first kappa shape index (κ1) is 14.3. The van der Waals surface area contributed by atoms with Crippen molar-refractivity contribution in [1.29, 1.82) is 0 Å². The molecule has 0 bridgehead atoms. The lowest BCUT2D eigenvalue weighted by atomic mass is 10.1. The number of hydrogen-bond donors (Lipinski definition) is 0. The number of aryl methyl sites for hydroxylation is 1. The zero-order valence-electron chi connectivity index (χ0n) is 11.9. The fourth-order valence-corrected chi connectivity index (χ4v) is 2.24. The molecule has 0 spiro atoms. The van der Waals surface area contributed by atoms with Crippen LogP contribution in [0.5, 0.6) is 0 Å². The summed E-state index contributed by atoms with van der Waals surface area (Å²) in [5, 5.41) is 0. The van der Waals surface area contributed by atoms with Crippen molar-refractivity contribution >= 4 is 5.97 Å². The van der Waals surface area contributed by atoms with Gasteiger partial charge in [0.2, 0.25) is 0 Å². The van der Waals surface area contributed by atoms with E-state index in [4.69, 9.17) is 4.74 Å². The zero-order valence-corrected chi connectivity index (χ0v) is 11.9. The van der Waals surface area contributed by atoms with E-state index in [1.807, 2.05) is 30.7 Å². The van der Waals surface area contributed by atoms with E-state index in [1.165, 1.54) is 12.1 Å². The van der Waals surface area contributed by atoms with Crippen LogP contribution >= 0.6 is 0 Å². The molecule has 0 aliphatic rings. The summed E-state index contributed by atoms with van der Waals surface area (Å²) < 4.78 is 19.9. The van der Waals surface area contributed by atoms with Crippen molar-refractivity contribution in [3.05, 3.63) is 59.2 Å². The normalized spacial score (nSPS) is 12.2. The first-order valence-corrected chi connectivity index (χ1v) is 6.64. The highest BCUT2D eigenvalue weighted by Crippen LogP contribution is 2.23. The van der Waals surface area contributed by atoms with Gasteiger partial charge >= 0.3 is 5.97 Å². The first-order valence-electron chi connectivity index (χ1n) is 6.64. The molecule has 0 aliphatic carbocycles. The van der Waals surface area contributed by atoms with Gasteiger partial charge in [0.25, 0.3) is 0 Å². The largest absolute Gasteiger partial charge is 0.461 e. The van der Waals surface area contributed by atoms with Gasteiger partial charge in [0.05, 0.1) is 12.6 Å². The number of rotatable bonds is 4. The van der Waals surface area contributed by atoms with Gasteiger partial charge in [-0.2, -0.15) is 0 Å². The Bertz CT molecular complexity index is 601. The van der Waals surface area contributed by atoms with E-state index in [0.717, 1.165) is 11.1 Å². The highest BCUT2D eigenvalue weighted by molar-refractivity contribution is 5.89. The van der Waals surface area contributed by atoms with Gasteiger partial charge in [0.1, 0.15) is 11.5 Å². The van der Waals surface area contributed by atoms with Gasteiger partial charge in [0, 0.05) is 6.20 Å². The molecule has 0 amide bonds.